The number of amides is 1. The lowest BCUT2D eigenvalue weighted by atomic mass is 10.1. The van der Waals surface area contributed by atoms with Crippen LogP contribution in [0.4, 0.5) is 21.5 Å². The maximum absolute atomic E-state index is 13.7. The fourth-order valence-electron chi connectivity index (χ4n) is 2.36. The second-order valence-electron chi connectivity index (χ2n) is 5.79. The zero-order chi connectivity index (χ0) is 17.8. The van der Waals surface area contributed by atoms with Gasteiger partial charge in [0.15, 0.2) is 0 Å². The number of carbonyl (C=O) groups is 1. The molecule has 4 nitrogen and oxygen atoms in total. The minimum absolute atomic E-state index is 0.250. The van der Waals surface area contributed by atoms with Gasteiger partial charge in [-0.2, -0.15) is 0 Å². The summed E-state index contributed by atoms with van der Waals surface area (Å²) in [4.78, 5) is 16.5. The van der Waals surface area contributed by atoms with E-state index in [1.165, 1.54) is 12.3 Å². The van der Waals surface area contributed by atoms with Crippen molar-refractivity contribution in [3.05, 3.63) is 83.4 Å². The van der Waals surface area contributed by atoms with E-state index in [1.54, 1.807) is 30.3 Å². The number of hydrogen-bond acceptors (Lipinski definition) is 3. The van der Waals surface area contributed by atoms with Crippen LogP contribution in [0.15, 0.2) is 60.8 Å². The third-order valence-electron chi connectivity index (χ3n) is 3.91. The molecule has 0 spiro atoms. The van der Waals surface area contributed by atoms with Crippen molar-refractivity contribution in [3.8, 4) is 0 Å². The average molecular weight is 335 g/mol. The highest BCUT2D eigenvalue weighted by molar-refractivity contribution is 6.03. The summed E-state index contributed by atoms with van der Waals surface area (Å²) in [5, 5.41) is 5.78. The Morgan fingerprint density at radius 2 is 1.76 bits per heavy atom. The number of aryl methyl sites for hydroxylation is 2. The third-order valence-corrected chi connectivity index (χ3v) is 3.91. The molecule has 0 atom stereocenters. The largest absolute Gasteiger partial charge is 0.353 e. The van der Waals surface area contributed by atoms with Gasteiger partial charge in [-0.1, -0.05) is 18.2 Å². The van der Waals surface area contributed by atoms with Crippen LogP contribution in [-0.4, -0.2) is 10.9 Å². The lowest BCUT2D eigenvalue weighted by Crippen LogP contribution is -2.14. The van der Waals surface area contributed by atoms with Crippen molar-refractivity contribution in [3.63, 3.8) is 0 Å². The number of rotatable bonds is 4. The highest BCUT2D eigenvalue weighted by Gasteiger charge is 2.10. The fraction of sp³-hybridized carbons (Fsp3) is 0.100. The number of halogens is 1. The molecule has 1 amide bonds. The number of pyridine rings is 1. The molecule has 0 bridgehead atoms. The predicted octanol–water partition coefficient (Wildman–Crippen LogP) is 4.83. The van der Waals surface area contributed by atoms with Crippen molar-refractivity contribution >= 4 is 23.0 Å². The van der Waals surface area contributed by atoms with Gasteiger partial charge < -0.3 is 10.6 Å². The number of nitrogens with one attached hydrogen (secondary N) is 2. The van der Waals surface area contributed by atoms with E-state index in [2.05, 4.69) is 15.6 Å². The predicted molar refractivity (Wildman–Crippen MR) is 97.8 cm³/mol. The van der Waals surface area contributed by atoms with Gasteiger partial charge in [-0.15, -0.1) is 0 Å². The molecule has 1 aromatic heterocycles. The van der Waals surface area contributed by atoms with Crippen LogP contribution in [0.5, 0.6) is 0 Å². The van der Waals surface area contributed by atoms with E-state index in [-0.39, 0.29) is 17.4 Å². The Morgan fingerprint density at radius 3 is 2.52 bits per heavy atom. The molecule has 3 aromatic rings. The van der Waals surface area contributed by atoms with Crippen LogP contribution in [0.2, 0.25) is 0 Å². The molecule has 0 saturated carbocycles. The Bertz CT molecular complexity index is 924. The quantitative estimate of drug-likeness (QED) is 0.718. The van der Waals surface area contributed by atoms with Gasteiger partial charge in [-0.05, 0) is 61.4 Å². The number of nitrogens with zero attached hydrogens (tertiary/aromatic N) is 1. The Balaban J connectivity index is 1.77. The molecule has 5 heteroatoms. The number of anilines is 3. The van der Waals surface area contributed by atoms with Gasteiger partial charge in [-0.25, -0.2) is 4.39 Å². The minimum atomic E-state index is -0.361. The van der Waals surface area contributed by atoms with Crippen molar-refractivity contribution in [1.82, 2.24) is 4.98 Å². The van der Waals surface area contributed by atoms with Crippen LogP contribution < -0.4 is 10.6 Å². The van der Waals surface area contributed by atoms with E-state index in [1.807, 2.05) is 32.0 Å². The van der Waals surface area contributed by atoms with Crippen LogP contribution in [0.1, 0.15) is 21.6 Å². The lowest BCUT2D eigenvalue weighted by molar-refractivity contribution is 0.102. The molecule has 0 aliphatic rings. The molecule has 0 unspecified atom stereocenters. The molecule has 2 N–H and O–H groups in total. The molecule has 0 saturated heterocycles. The van der Waals surface area contributed by atoms with E-state index in [0.717, 1.165) is 11.1 Å². The first-order valence-corrected chi connectivity index (χ1v) is 7.89. The van der Waals surface area contributed by atoms with Crippen LogP contribution in [0, 0.1) is 19.7 Å². The summed E-state index contributed by atoms with van der Waals surface area (Å²) in [6.07, 6.45) is 1.51. The first-order chi connectivity index (χ1) is 12.0. The number of carbonyl (C=O) groups excluding carboxylic acids is 1. The van der Waals surface area contributed by atoms with Crippen molar-refractivity contribution in [2.24, 2.45) is 0 Å². The summed E-state index contributed by atoms with van der Waals surface area (Å²) in [6.45, 7) is 4.00. The minimum Gasteiger partial charge on any atom is -0.353 e. The topological polar surface area (TPSA) is 54.0 Å². The molecule has 1 heterocycles. The first-order valence-electron chi connectivity index (χ1n) is 7.89. The number of aromatic nitrogens is 1. The van der Waals surface area contributed by atoms with Gasteiger partial charge in [-0.3, -0.25) is 9.78 Å². The standard InChI is InChI=1S/C20H18FN3O/c1-13-7-8-15(11-14(13)2)24-20(25)19-12-16(9-10-22-19)23-18-6-4-3-5-17(18)21/h3-12H,1-2H3,(H,22,23)(H,24,25). The van der Waals surface area contributed by atoms with E-state index in [9.17, 15) is 9.18 Å². The lowest BCUT2D eigenvalue weighted by Gasteiger charge is -2.10. The molecule has 3 rings (SSSR count). The summed E-state index contributed by atoms with van der Waals surface area (Å²) in [5.74, 6) is -0.680. The highest BCUT2D eigenvalue weighted by Crippen LogP contribution is 2.20. The third kappa shape index (κ3) is 4.01. The molecular weight excluding hydrogens is 317 g/mol. The second-order valence-corrected chi connectivity index (χ2v) is 5.79. The molecule has 0 aliphatic heterocycles. The normalized spacial score (nSPS) is 10.4. The van der Waals surface area contributed by atoms with Crippen molar-refractivity contribution in [2.45, 2.75) is 13.8 Å². The SMILES string of the molecule is Cc1ccc(NC(=O)c2cc(Nc3ccccc3F)ccn2)cc1C. The Hall–Kier alpha value is -3.21. The summed E-state index contributed by atoms with van der Waals surface area (Å²) in [6, 6.07) is 15.3. The van der Waals surface area contributed by atoms with Crippen LogP contribution in [-0.2, 0) is 0 Å². The van der Waals surface area contributed by atoms with E-state index >= 15 is 0 Å². The molecular formula is C20H18FN3O. The summed E-state index contributed by atoms with van der Waals surface area (Å²) in [5.41, 5.74) is 4.15. The van der Waals surface area contributed by atoms with E-state index < -0.39 is 0 Å². The molecule has 0 aliphatic carbocycles. The van der Waals surface area contributed by atoms with Gasteiger partial charge in [0, 0.05) is 17.6 Å². The molecule has 2 aromatic carbocycles. The highest BCUT2D eigenvalue weighted by atomic mass is 19.1. The average Bonchev–Trinajstić information content (AvgIpc) is 2.60. The second kappa shape index (κ2) is 7.13. The number of hydrogen-bond donors (Lipinski definition) is 2. The zero-order valence-electron chi connectivity index (χ0n) is 14.0. The molecule has 25 heavy (non-hydrogen) atoms. The van der Waals surface area contributed by atoms with Crippen LogP contribution in [0.25, 0.3) is 0 Å². The number of benzene rings is 2. The summed E-state index contributed by atoms with van der Waals surface area (Å²) >= 11 is 0. The summed E-state index contributed by atoms with van der Waals surface area (Å²) in [7, 11) is 0. The summed E-state index contributed by atoms with van der Waals surface area (Å²) < 4.78 is 13.7. The first kappa shape index (κ1) is 16.6. The van der Waals surface area contributed by atoms with Crippen LogP contribution >= 0.6 is 0 Å². The monoisotopic (exact) mass is 335 g/mol. The maximum Gasteiger partial charge on any atom is 0.274 e. The fourth-order valence-corrected chi connectivity index (χ4v) is 2.36. The van der Waals surface area contributed by atoms with E-state index in [0.29, 0.717) is 17.1 Å². The molecule has 0 fully saturated rings. The smallest absolute Gasteiger partial charge is 0.274 e. The van der Waals surface area contributed by atoms with Gasteiger partial charge >= 0.3 is 0 Å². The van der Waals surface area contributed by atoms with Gasteiger partial charge in [0.25, 0.3) is 5.91 Å². The Kier molecular flexibility index (Phi) is 4.75. The van der Waals surface area contributed by atoms with Crippen molar-refractivity contribution in [2.75, 3.05) is 10.6 Å². The molecule has 0 radical (unpaired) electrons. The Morgan fingerprint density at radius 1 is 0.960 bits per heavy atom. The van der Waals surface area contributed by atoms with Crippen molar-refractivity contribution in [1.29, 1.82) is 0 Å². The zero-order valence-corrected chi connectivity index (χ0v) is 14.0. The van der Waals surface area contributed by atoms with Gasteiger partial charge in [0.2, 0.25) is 0 Å². The van der Waals surface area contributed by atoms with E-state index in [4.69, 9.17) is 0 Å². The van der Waals surface area contributed by atoms with Gasteiger partial charge in [0.05, 0.1) is 5.69 Å². The maximum atomic E-state index is 13.7. The van der Waals surface area contributed by atoms with Crippen LogP contribution in [0.3, 0.4) is 0 Å². The van der Waals surface area contributed by atoms with Gasteiger partial charge in [0.1, 0.15) is 11.5 Å². The number of para-hydroxylation sites is 1. The van der Waals surface area contributed by atoms with Crippen molar-refractivity contribution < 1.29 is 9.18 Å². The Labute approximate surface area is 145 Å². The molecule has 126 valence electrons.